The van der Waals surface area contributed by atoms with Crippen molar-refractivity contribution in [2.24, 2.45) is 7.05 Å². The highest BCUT2D eigenvalue weighted by Crippen LogP contribution is 2.39. The number of carbonyl (C=O) groups excluding carboxylic acids is 1. The highest BCUT2D eigenvalue weighted by Gasteiger charge is 2.19. The summed E-state index contributed by atoms with van der Waals surface area (Å²) in [5.74, 6) is -0.244. The van der Waals surface area contributed by atoms with E-state index in [2.05, 4.69) is 39.1 Å². The second-order valence-corrected chi connectivity index (χ2v) is 8.10. The lowest BCUT2D eigenvalue weighted by Crippen LogP contribution is -2.08. The van der Waals surface area contributed by atoms with Gasteiger partial charge in [0.15, 0.2) is 0 Å². The Labute approximate surface area is 187 Å². The number of nitrogens with one attached hydrogen (secondary N) is 2. The second-order valence-electron chi connectivity index (χ2n) is 8.10. The van der Waals surface area contributed by atoms with E-state index in [0.717, 1.165) is 50.2 Å². The van der Waals surface area contributed by atoms with Gasteiger partial charge in [-0.1, -0.05) is 18.7 Å². The molecule has 1 aromatic carbocycles. The van der Waals surface area contributed by atoms with Crippen molar-refractivity contribution in [1.82, 2.24) is 19.7 Å². The van der Waals surface area contributed by atoms with Crippen molar-refractivity contribution in [3.8, 4) is 22.4 Å². The lowest BCUT2D eigenvalue weighted by molar-refractivity contribution is -0.111. The van der Waals surface area contributed by atoms with Crippen LogP contribution in [0.25, 0.3) is 33.4 Å². The average Bonchev–Trinajstić information content (AvgIpc) is 3.36. The van der Waals surface area contributed by atoms with Crippen molar-refractivity contribution in [2.45, 2.75) is 33.5 Å². The third-order valence-electron chi connectivity index (χ3n) is 5.25. The number of aryl methyl sites for hydroxylation is 2. The SMILES string of the molecule is C=CC(=O)Nc1cc(-c2c(-c3cnn(C)c3)[nH]c3ncc(COC(C)C)cc23)ccc1C. The van der Waals surface area contributed by atoms with Gasteiger partial charge in [-0.25, -0.2) is 4.98 Å². The van der Waals surface area contributed by atoms with Crippen LogP contribution in [-0.2, 0) is 23.2 Å². The number of hydrogen-bond donors (Lipinski definition) is 2. The molecule has 7 nitrogen and oxygen atoms in total. The van der Waals surface area contributed by atoms with E-state index in [0.29, 0.717) is 6.61 Å². The van der Waals surface area contributed by atoms with Gasteiger partial charge in [-0.15, -0.1) is 0 Å². The molecule has 0 unspecified atom stereocenters. The fraction of sp³-hybridized carbons (Fsp3) is 0.240. The fourth-order valence-electron chi connectivity index (χ4n) is 3.62. The predicted molar refractivity (Wildman–Crippen MR) is 127 cm³/mol. The first-order chi connectivity index (χ1) is 15.4. The van der Waals surface area contributed by atoms with Crippen LogP contribution in [0, 0.1) is 6.92 Å². The smallest absolute Gasteiger partial charge is 0.247 e. The number of benzene rings is 1. The van der Waals surface area contributed by atoms with E-state index in [1.165, 1.54) is 6.08 Å². The van der Waals surface area contributed by atoms with E-state index in [1.54, 1.807) is 4.68 Å². The number of amides is 1. The van der Waals surface area contributed by atoms with Crippen molar-refractivity contribution in [3.05, 3.63) is 66.6 Å². The van der Waals surface area contributed by atoms with Gasteiger partial charge in [-0.05, 0) is 55.7 Å². The van der Waals surface area contributed by atoms with Gasteiger partial charge in [-0.3, -0.25) is 9.48 Å². The molecule has 0 aliphatic carbocycles. The van der Waals surface area contributed by atoms with Crippen LogP contribution in [0.4, 0.5) is 5.69 Å². The number of rotatable bonds is 7. The molecule has 32 heavy (non-hydrogen) atoms. The minimum atomic E-state index is -0.244. The van der Waals surface area contributed by atoms with Crippen molar-refractivity contribution >= 4 is 22.6 Å². The Hall–Kier alpha value is -3.71. The number of aromatic amines is 1. The predicted octanol–water partition coefficient (Wildman–Crippen LogP) is 4.99. The highest BCUT2D eigenvalue weighted by molar-refractivity contribution is 6.04. The van der Waals surface area contributed by atoms with Gasteiger partial charge < -0.3 is 15.0 Å². The third-order valence-corrected chi connectivity index (χ3v) is 5.25. The zero-order valence-electron chi connectivity index (χ0n) is 18.8. The molecule has 0 atom stereocenters. The Morgan fingerprint density at radius 3 is 2.78 bits per heavy atom. The van der Waals surface area contributed by atoms with Crippen molar-refractivity contribution in [2.75, 3.05) is 5.32 Å². The van der Waals surface area contributed by atoms with E-state index < -0.39 is 0 Å². The minimum Gasteiger partial charge on any atom is -0.374 e. The highest BCUT2D eigenvalue weighted by atomic mass is 16.5. The summed E-state index contributed by atoms with van der Waals surface area (Å²) in [5.41, 5.74) is 7.33. The Bertz CT molecular complexity index is 1300. The number of aromatic nitrogens is 4. The first kappa shape index (κ1) is 21.5. The van der Waals surface area contributed by atoms with Crippen molar-refractivity contribution in [3.63, 3.8) is 0 Å². The van der Waals surface area contributed by atoms with Gasteiger partial charge in [0.1, 0.15) is 5.65 Å². The quantitative estimate of drug-likeness (QED) is 0.406. The van der Waals surface area contributed by atoms with Gasteiger partial charge in [0.2, 0.25) is 5.91 Å². The van der Waals surface area contributed by atoms with Gasteiger partial charge in [0.25, 0.3) is 0 Å². The van der Waals surface area contributed by atoms with Crippen molar-refractivity contribution < 1.29 is 9.53 Å². The van der Waals surface area contributed by atoms with Crippen LogP contribution in [-0.4, -0.2) is 31.8 Å². The maximum atomic E-state index is 11.9. The van der Waals surface area contributed by atoms with E-state index >= 15 is 0 Å². The van der Waals surface area contributed by atoms with Gasteiger partial charge in [-0.2, -0.15) is 5.10 Å². The maximum absolute atomic E-state index is 11.9. The number of nitrogens with zero attached hydrogens (tertiary/aromatic N) is 3. The number of carbonyl (C=O) groups is 1. The number of anilines is 1. The normalized spacial score (nSPS) is 11.3. The zero-order chi connectivity index (χ0) is 22.8. The Balaban J connectivity index is 1.90. The largest absolute Gasteiger partial charge is 0.374 e. The number of hydrogen-bond acceptors (Lipinski definition) is 4. The minimum absolute atomic E-state index is 0.135. The molecule has 0 saturated carbocycles. The number of pyridine rings is 1. The van der Waals surface area contributed by atoms with Gasteiger partial charge in [0.05, 0.1) is 24.6 Å². The molecule has 1 amide bonds. The molecule has 4 rings (SSSR count). The van der Waals surface area contributed by atoms with E-state index in [1.807, 2.05) is 58.5 Å². The molecular formula is C25H27N5O2. The molecule has 164 valence electrons. The molecule has 0 fully saturated rings. The molecule has 0 radical (unpaired) electrons. The summed E-state index contributed by atoms with van der Waals surface area (Å²) < 4.78 is 7.56. The lowest BCUT2D eigenvalue weighted by atomic mass is 9.98. The summed E-state index contributed by atoms with van der Waals surface area (Å²) in [6.45, 7) is 10.0. The van der Waals surface area contributed by atoms with Crippen LogP contribution in [0.15, 0.2) is 55.5 Å². The van der Waals surface area contributed by atoms with Gasteiger partial charge in [0, 0.05) is 41.6 Å². The molecule has 3 heterocycles. The first-order valence-electron chi connectivity index (χ1n) is 10.5. The Morgan fingerprint density at radius 1 is 1.28 bits per heavy atom. The first-order valence-corrected chi connectivity index (χ1v) is 10.5. The second kappa shape index (κ2) is 8.80. The summed E-state index contributed by atoms with van der Waals surface area (Å²) in [5, 5.41) is 8.22. The summed E-state index contributed by atoms with van der Waals surface area (Å²) >= 11 is 0. The van der Waals surface area contributed by atoms with E-state index in [9.17, 15) is 4.79 Å². The Morgan fingerprint density at radius 2 is 2.09 bits per heavy atom. The van der Waals surface area contributed by atoms with Crippen LogP contribution in [0.2, 0.25) is 0 Å². The molecule has 3 aromatic heterocycles. The lowest BCUT2D eigenvalue weighted by Gasteiger charge is -2.11. The number of fused-ring (bicyclic) bond motifs is 1. The summed E-state index contributed by atoms with van der Waals surface area (Å²) in [7, 11) is 1.89. The monoisotopic (exact) mass is 429 g/mol. The molecule has 0 aliphatic rings. The number of H-pyrrole nitrogens is 1. The molecule has 7 heteroatoms. The third kappa shape index (κ3) is 4.33. The number of ether oxygens (including phenoxy) is 1. The van der Waals surface area contributed by atoms with E-state index in [4.69, 9.17) is 4.74 Å². The summed E-state index contributed by atoms with van der Waals surface area (Å²) in [6, 6.07) is 8.15. The van der Waals surface area contributed by atoms with Crippen molar-refractivity contribution in [1.29, 1.82) is 0 Å². The average molecular weight is 430 g/mol. The summed E-state index contributed by atoms with van der Waals surface area (Å²) in [6.07, 6.45) is 7.03. The zero-order valence-corrected chi connectivity index (χ0v) is 18.8. The molecule has 0 aliphatic heterocycles. The maximum Gasteiger partial charge on any atom is 0.247 e. The van der Waals surface area contributed by atoms with Crippen LogP contribution in [0.3, 0.4) is 0 Å². The van der Waals surface area contributed by atoms with E-state index in [-0.39, 0.29) is 12.0 Å². The Kier molecular flexibility index (Phi) is 5.92. The molecule has 2 N–H and O–H groups in total. The molecule has 0 spiro atoms. The van der Waals surface area contributed by atoms with Crippen LogP contribution < -0.4 is 5.32 Å². The molecule has 4 aromatic rings. The van der Waals surface area contributed by atoms with Crippen LogP contribution in [0.1, 0.15) is 25.0 Å². The fourth-order valence-corrected chi connectivity index (χ4v) is 3.62. The van der Waals surface area contributed by atoms with Gasteiger partial charge >= 0.3 is 0 Å². The molecule has 0 bridgehead atoms. The van der Waals surface area contributed by atoms with Crippen LogP contribution >= 0.6 is 0 Å². The standard InChI is InChI=1S/C25H27N5O2/c1-6-22(31)28-21-10-18(8-7-16(21)4)23-20-9-17(14-32-15(2)3)11-26-25(20)29-24(23)19-12-27-30(5)13-19/h6-13,15H,1,14H2,2-5H3,(H,26,29)(H,28,31). The molecular weight excluding hydrogens is 402 g/mol. The summed E-state index contributed by atoms with van der Waals surface area (Å²) in [4.78, 5) is 20.1. The van der Waals surface area contributed by atoms with Crippen LogP contribution in [0.5, 0.6) is 0 Å². The topological polar surface area (TPSA) is 84.8 Å². The molecule has 0 saturated heterocycles.